The molecule has 0 saturated heterocycles. The topological polar surface area (TPSA) is 54.9 Å². The highest BCUT2D eigenvalue weighted by Gasteiger charge is 2.47. The largest absolute Gasteiger partial charge is 0.300 e. The number of carbonyl (C=O) groups is 1. The maximum atomic E-state index is 14.0. The molecule has 0 unspecified atom stereocenters. The smallest absolute Gasteiger partial charge is 0.236 e. The van der Waals surface area contributed by atoms with Crippen LogP contribution in [-0.4, -0.2) is 16.1 Å². The average molecular weight is 295 g/mol. The van der Waals surface area contributed by atoms with Gasteiger partial charge in [-0.2, -0.15) is 0 Å². The van der Waals surface area contributed by atoms with Crippen molar-refractivity contribution in [1.29, 1.82) is 0 Å². The summed E-state index contributed by atoms with van der Waals surface area (Å²) < 4.78 is 27.0. The minimum absolute atomic E-state index is 0.243. The number of anilines is 1. The molecule has 1 aromatic carbocycles. The van der Waals surface area contributed by atoms with Crippen molar-refractivity contribution in [2.75, 3.05) is 5.32 Å². The zero-order chi connectivity index (χ0) is 14.2. The van der Waals surface area contributed by atoms with Crippen LogP contribution in [0, 0.1) is 11.6 Å². The summed E-state index contributed by atoms with van der Waals surface area (Å²) in [7, 11) is 0. The Bertz CT molecular complexity index is 641. The summed E-state index contributed by atoms with van der Waals surface area (Å²) in [5.41, 5.74) is 0.817. The first-order chi connectivity index (χ1) is 9.62. The van der Waals surface area contributed by atoms with E-state index in [4.69, 9.17) is 0 Å². The fraction of sp³-hybridized carbons (Fsp3) is 0.308. The van der Waals surface area contributed by atoms with Gasteiger partial charge in [-0.05, 0) is 18.9 Å². The van der Waals surface area contributed by atoms with Crippen molar-refractivity contribution in [2.45, 2.75) is 24.7 Å². The van der Waals surface area contributed by atoms with E-state index in [1.54, 1.807) is 0 Å². The average Bonchev–Trinajstić information content (AvgIpc) is 2.83. The van der Waals surface area contributed by atoms with Gasteiger partial charge in [-0.1, -0.05) is 23.8 Å². The Kier molecular flexibility index (Phi) is 3.21. The molecular weight excluding hydrogens is 284 g/mol. The Morgan fingerprint density at radius 1 is 1.35 bits per heavy atom. The fourth-order valence-electron chi connectivity index (χ4n) is 2.47. The number of hydrogen-bond donors (Lipinski definition) is 1. The molecule has 1 fully saturated rings. The molecule has 0 radical (unpaired) electrons. The molecule has 0 bridgehead atoms. The minimum Gasteiger partial charge on any atom is -0.300 e. The molecule has 1 aromatic heterocycles. The Hall–Kier alpha value is -1.89. The van der Waals surface area contributed by atoms with E-state index >= 15 is 0 Å². The van der Waals surface area contributed by atoms with Crippen LogP contribution in [0.3, 0.4) is 0 Å². The monoisotopic (exact) mass is 295 g/mol. The summed E-state index contributed by atoms with van der Waals surface area (Å²) in [4.78, 5) is 12.4. The van der Waals surface area contributed by atoms with E-state index in [1.165, 1.54) is 29.0 Å². The van der Waals surface area contributed by atoms with Crippen LogP contribution in [0.2, 0.25) is 0 Å². The van der Waals surface area contributed by atoms with E-state index in [9.17, 15) is 13.6 Å². The third kappa shape index (κ3) is 2.07. The molecule has 1 aliphatic rings. The predicted octanol–water partition coefficient (Wildman–Crippen LogP) is 2.88. The van der Waals surface area contributed by atoms with E-state index < -0.39 is 17.0 Å². The van der Waals surface area contributed by atoms with Gasteiger partial charge in [0.05, 0.1) is 5.41 Å². The fourth-order valence-corrected chi connectivity index (χ4v) is 2.91. The highest BCUT2D eigenvalue weighted by Crippen LogP contribution is 2.45. The number of aromatic nitrogens is 2. The molecule has 4 nitrogen and oxygen atoms in total. The zero-order valence-corrected chi connectivity index (χ0v) is 11.2. The van der Waals surface area contributed by atoms with Crippen LogP contribution in [0.25, 0.3) is 0 Å². The first-order valence-corrected chi connectivity index (χ1v) is 7.03. The van der Waals surface area contributed by atoms with Gasteiger partial charge in [0.1, 0.15) is 17.1 Å². The second kappa shape index (κ2) is 4.90. The molecule has 2 aromatic rings. The van der Waals surface area contributed by atoms with Crippen LogP contribution in [0.4, 0.5) is 13.9 Å². The number of amides is 1. The number of rotatable bonds is 3. The molecule has 1 heterocycles. The van der Waals surface area contributed by atoms with Crippen LogP contribution in [0.5, 0.6) is 0 Å². The van der Waals surface area contributed by atoms with Crippen molar-refractivity contribution in [3.05, 3.63) is 40.9 Å². The van der Waals surface area contributed by atoms with Crippen molar-refractivity contribution in [3.8, 4) is 0 Å². The van der Waals surface area contributed by atoms with Crippen LogP contribution >= 0.6 is 11.3 Å². The molecule has 1 aliphatic carbocycles. The van der Waals surface area contributed by atoms with Gasteiger partial charge in [-0.3, -0.25) is 10.1 Å². The molecule has 1 amide bonds. The second-order valence-corrected chi connectivity index (χ2v) is 5.59. The Balaban J connectivity index is 1.92. The summed E-state index contributed by atoms with van der Waals surface area (Å²) in [5, 5.41) is 10.4. The van der Waals surface area contributed by atoms with E-state index in [1.807, 2.05) is 0 Å². The van der Waals surface area contributed by atoms with Gasteiger partial charge in [-0.25, -0.2) is 8.78 Å². The van der Waals surface area contributed by atoms with Crippen molar-refractivity contribution in [3.63, 3.8) is 0 Å². The molecule has 3 rings (SSSR count). The number of hydrogen-bond acceptors (Lipinski definition) is 4. The van der Waals surface area contributed by atoms with Gasteiger partial charge in [-0.15, -0.1) is 10.2 Å². The third-order valence-corrected chi connectivity index (χ3v) is 4.28. The Morgan fingerprint density at radius 3 is 2.70 bits per heavy atom. The van der Waals surface area contributed by atoms with E-state index in [2.05, 4.69) is 15.5 Å². The van der Waals surface area contributed by atoms with Crippen molar-refractivity contribution >= 4 is 22.4 Å². The van der Waals surface area contributed by atoms with Crippen molar-refractivity contribution in [2.24, 2.45) is 0 Å². The van der Waals surface area contributed by atoms with Gasteiger partial charge in [0, 0.05) is 11.6 Å². The Morgan fingerprint density at radius 2 is 2.15 bits per heavy atom. The lowest BCUT2D eigenvalue weighted by atomic mass is 9.63. The first-order valence-electron chi connectivity index (χ1n) is 6.15. The molecule has 20 heavy (non-hydrogen) atoms. The summed E-state index contributed by atoms with van der Waals surface area (Å²) in [6.45, 7) is 0. The van der Waals surface area contributed by atoms with E-state index in [0.29, 0.717) is 18.0 Å². The van der Waals surface area contributed by atoms with E-state index in [-0.39, 0.29) is 11.5 Å². The molecule has 0 atom stereocenters. The molecule has 104 valence electrons. The lowest BCUT2D eigenvalue weighted by Gasteiger charge is -2.40. The van der Waals surface area contributed by atoms with Crippen LogP contribution < -0.4 is 5.32 Å². The van der Waals surface area contributed by atoms with Gasteiger partial charge >= 0.3 is 0 Å². The number of carbonyl (C=O) groups excluding carboxylic acids is 1. The van der Waals surface area contributed by atoms with Crippen molar-refractivity contribution in [1.82, 2.24) is 10.2 Å². The number of nitrogens with zero attached hydrogens (tertiary/aromatic N) is 2. The van der Waals surface area contributed by atoms with Gasteiger partial charge in [0.15, 0.2) is 0 Å². The molecule has 0 spiro atoms. The minimum atomic E-state index is -0.927. The predicted molar refractivity (Wildman–Crippen MR) is 70.4 cm³/mol. The summed E-state index contributed by atoms with van der Waals surface area (Å²) in [6.07, 6.45) is 1.92. The summed E-state index contributed by atoms with van der Waals surface area (Å²) in [6, 6.07) is 3.34. The van der Waals surface area contributed by atoms with Gasteiger partial charge in [0.25, 0.3) is 0 Å². The Labute approximate surface area is 117 Å². The van der Waals surface area contributed by atoms with E-state index in [0.717, 1.165) is 12.5 Å². The number of benzene rings is 1. The van der Waals surface area contributed by atoms with Crippen LogP contribution in [0.1, 0.15) is 24.8 Å². The van der Waals surface area contributed by atoms with Gasteiger partial charge in [0.2, 0.25) is 11.0 Å². The highest BCUT2D eigenvalue weighted by atomic mass is 32.1. The first kappa shape index (κ1) is 13.1. The van der Waals surface area contributed by atoms with Crippen LogP contribution in [0.15, 0.2) is 23.7 Å². The summed E-state index contributed by atoms with van der Waals surface area (Å²) >= 11 is 1.20. The summed E-state index contributed by atoms with van der Waals surface area (Å²) in [5.74, 6) is -1.65. The van der Waals surface area contributed by atoms with Gasteiger partial charge < -0.3 is 0 Å². The third-order valence-electron chi connectivity index (χ3n) is 3.67. The van der Waals surface area contributed by atoms with Crippen LogP contribution in [-0.2, 0) is 10.2 Å². The maximum absolute atomic E-state index is 14.0. The molecular formula is C13H11F2N3OS. The molecule has 1 saturated carbocycles. The molecule has 1 N–H and O–H groups in total. The normalized spacial score (nSPS) is 16.5. The standard InChI is InChI=1S/C13H11F2N3OS/c14-8-2-3-9(10(15)6-8)13(4-1-5-13)11(19)17-12-18-16-7-20-12/h2-3,6-7H,1,4-5H2,(H,17,18,19). The lowest BCUT2D eigenvalue weighted by Crippen LogP contribution is -2.46. The maximum Gasteiger partial charge on any atom is 0.236 e. The van der Waals surface area contributed by atoms with Crippen molar-refractivity contribution < 1.29 is 13.6 Å². The molecule has 7 heteroatoms. The second-order valence-electron chi connectivity index (χ2n) is 4.76. The quantitative estimate of drug-likeness (QED) is 0.947. The SMILES string of the molecule is O=C(Nc1nncs1)C1(c2ccc(F)cc2F)CCC1. The lowest BCUT2D eigenvalue weighted by molar-refractivity contribution is -0.124. The highest BCUT2D eigenvalue weighted by molar-refractivity contribution is 7.13. The zero-order valence-electron chi connectivity index (χ0n) is 10.4. The number of halogens is 2. The molecule has 0 aliphatic heterocycles. The number of nitrogens with one attached hydrogen (secondary N) is 1.